The highest BCUT2D eigenvalue weighted by Crippen LogP contribution is 2.37. The lowest BCUT2D eigenvalue weighted by Gasteiger charge is -2.25. The van der Waals surface area contributed by atoms with E-state index >= 15 is 0 Å². The van der Waals surface area contributed by atoms with E-state index in [1.165, 1.54) is 0 Å². The quantitative estimate of drug-likeness (QED) is 0.184. The predicted molar refractivity (Wildman–Crippen MR) is 166 cm³/mol. The van der Waals surface area contributed by atoms with Gasteiger partial charge in [0.15, 0.2) is 11.6 Å². The molecule has 0 aliphatic heterocycles. The first-order valence-corrected chi connectivity index (χ1v) is 13.5. The normalized spacial score (nSPS) is 10.6. The second kappa shape index (κ2) is 11.7. The molecule has 0 spiro atoms. The second-order valence-electron chi connectivity index (χ2n) is 9.67. The zero-order chi connectivity index (χ0) is 28.0. The molecule has 0 heterocycles. The fourth-order valence-corrected chi connectivity index (χ4v) is 5.11. The molecule has 3 nitrogen and oxygen atoms in total. The Morgan fingerprint density at radius 3 is 1.15 bits per heavy atom. The molecule has 196 valence electrons. The number of para-hydroxylation sites is 2. The molecule has 6 aromatic carbocycles. The van der Waals surface area contributed by atoms with Crippen LogP contribution in [0.5, 0.6) is 0 Å². The zero-order valence-corrected chi connectivity index (χ0v) is 22.4. The summed E-state index contributed by atoms with van der Waals surface area (Å²) < 4.78 is 0. The van der Waals surface area contributed by atoms with Gasteiger partial charge in [0, 0.05) is 44.9 Å². The number of hydrogen-bond donors (Lipinski definition) is 0. The van der Waals surface area contributed by atoms with E-state index in [9.17, 15) is 9.59 Å². The molecular formula is C38H27NO2. The highest BCUT2D eigenvalue weighted by Gasteiger charge is 2.22. The molecule has 0 atom stereocenters. The second-order valence-corrected chi connectivity index (χ2v) is 9.67. The van der Waals surface area contributed by atoms with Gasteiger partial charge in [-0.2, -0.15) is 0 Å². The molecule has 0 bridgehead atoms. The van der Waals surface area contributed by atoms with Crippen molar-refractivity contribution >= 4 is 28.6 Å². The lowest BCUT2D eigenvalue weighted by atomic mass is 9.87. The van der Waals surface area contributed by atoms with Crippen molar-refractivity contribution in [3.8, 4) is 11.1 Å². The fraction of sp³-hybridized carbons (Fsp3) is 0. The summed E-state index contributed by atoms with van der Waals surface area (Å²) in [7, 11) is 0. The standard InChI is InChI=1S/C38H27NO2/c40-37(29-14-5-1-6-15-29)34-22-13-23-35(38(41)30-16-7-2-8-17-30)36(34)28-24-26-33(27-25-28)39(31-18-9-3-10-19-31)32-20-11-4-12-21-32/h1-27H. The van der Waals surface area contributed by atoms with Gasteiger partial charge in [0.05, 0.1) is 0 Å². The minimum atomic E-state index is -0.123. The van der Waals surface area contributed by atoms with Crippen LogP contribution < -0.4 is 4.90 Å². The molecule has 0 unspecified atom stereocenters. The number of carbonyl (C=O) groups excluding carboxylic acids is 2. The van der Waals surface area contributed by atoms with Crippen molar-refractivity contribution in [2.24, 2.45) is 0 Å². The number of ketones is 2. The van der Waals surface area contributed by atoms with E-state index in [0.29, 0.717) is 27.8 Å². The van der Waals surface area contributed by atoms with Gasteiger partial charge in [-0.3, -0.25) is 9.59 Å². The lowest BCUT2D eigenvalue weighted by Crippen LogP contribution is -2.11. The van der Waals surface area contributed by atoms with Crippen LogP contribution in [0.1, 0.15) is 31.8 Å². The molecule has 0 aliphatic carbocycles. The number of anilines is 3. The Bertz CT molecular complexity index is 1670. The number of hydrogen-bond acceptors (Lipinski definition) is 3. The third kappa shape index (κ3) is 5.34. The molecule has 6 aromatic rings. The number of benzene rings is 6. The summed E-state index contributed by atoms with van der Waals surface area (Å²) in [6, 6.07) is 52.2. The summed E-state index contributed by atoms with van der Waals surface area (Å²) in [4.78, 5) is 29.7. The van der Waals surface area contributed by atoms with Crippen molar-refractivity contribution in [2.75, 3.05) is 4.90 Å². The molecule has 0 aliphatic rings. The Balaban J connectivity index is 1.49. The molecule has 0 amide bonds. The van der Waals surface area contributed by atoms with E-state index in [0.717, 1.165) is 22.6 Å². The van der Waals surface area contributed by atoms with Gasteiger partial charge in [0.1, 0.15) is 0 Å². The van der Waals surface area contributed by atoms with E-state index in [1.54, 1.807) is 42.5 Å². The van der Waals surface area contributed by atoms with E-state index in [1.807, 2.05) is 97.1 Å². The highest BCUT2D eigenvalue weighted by molar-refractivity contribution is 6.19. The third-order valence-electron chi connectivity index (χ3n) is 7.07. The minimum Gasteiger partial charge on any atom is -0.311 e. The van der Waals surface area contributed by atoms with Crippen LogP contribution in [0.4, 0.5) is 17.1 Å². The van der Waals surface area contributed by atoms with E-state index in [2.05, 4.69) is 29.2 Å². The summed E-state index contributed by atoms with van der Waals surface area (Å²) in [6.07, 6.45) is 0. The Hall–Kier alpha value is -5.54. The maximum atomic E-state index is 13.8. The monoisotopic (exact) mass is 529 g/mol. The topological polar surface area (TPSA) is 37.4 Å². The molecule has 41 heavy (non-hydrogen) atoms. The van der Waals surface area contributed by atoms with Crippen molar-refractivity contribution < 1.29 is 9.59 Å². The van der Waals surface area contributed by atoms with Crippen molar-refractivity contribution in [1.82, 2.24) is 0 Å². The van der Waals surface area contributed by atoms with E-state index < -0.39 is 0 Å². The van der Waals surface area contributed by atoms with Gasteiger partial charge in [-0.1, -0.05) is 127 Å². The third-order valence-corrected chi connectivity index (χ3v) is 7.07. The zero-order valence-electron chi connectivity index (χ0n) is 22.4. The van der Waals surface area contributed by atoms with Gasteiger partial charge in [0.2, 0.25) is 0 Å². The maximum absolute atomic E-state index is 13.8. The minimum absolute atomic E-state index is 0.123. The Kier molecular flexibility index (Phi) is 7.33. The highest BCUT2D eigenvalue weighted by atomic mass is 16.1. The number of carbonyl (C=O) groups is 2. The smallest absolute Gasteiger partial charge is 0.193 e. The molecular weight excluding hydrogens is 502 g/mol. The van der Waals surface area contributed by atoms with Crippen molar-refractivity contribution in [1.29, 1.82) is 0 Å². The van der Waals surface area contributed by atoms with Crippen LogP contribution in [0.25, 0.3) is 11.1 Å². The molecule has 3 heteroatoms. The summed E-state index contributed by atoms with van der Waals surface area (Å²) >= 11 is 0. The maximum Gasteiger partial charge on any atom is 0.193 e. The van der Waals surface area contributed by atoms with Gasteiger partial charge in [-0.25, -0.2) is 0 Å². The van der Waals surface area contributed by atoms with Gasteiger partial charge < -0.3 is 4.90 Å². The summed E-state index contributed by atoms with van der Waals surface area (Å²) in [5.41, 5.74) is 6.61. The average Bonchev–Trinajstić information content (AvgIpc) is 3.06. The van der Waals surface area contributed by atoms with Gasteiger partial charge in [-0.15, -0.1) is 0 Å². The molecule has 6 rings (SSSR count). The Labute approximate surface area is 240 Å². The molecule has 0 radical (unpaired) electrons. The Morgan fingerprint density at radius 1 is 0.366 bits per heavy atom. The number of nitrogens with zero attached hydrogens (tertiary/aromatic N) is 1. The first-order valence-electron chi connectivity index (χ1n) is 13.5. The molecule has 0 fully saturated rings. The van der Waals surface area contributed by atoms with E-state index in [4.69, 9.17) is 0 Å². The van der Waals surface area contributed by atoms with Crippen LogP contribution in [0.2, 0.25) is 0 Å². The van der Waals surface area contributed by atoms with Gasteiger partial charge in [-0.05, 0) is 42.0 Å². The fourth-order valence-electron chi connectivity index (χ4n) is 5.11. The average molecular weight is 530 g/mol. The van der Waals surface area contributed by atoms with Crippen molar-refractivity contribution in [3.05, 3.63) is 186 Å². The Morgan fingerprint density at radius 2 is 0.732 bits per heavy atom. The molecule has 0 saturated carbocycles. The molecule has 0 aromatic heterocycles. The van der Waals surface area contributed by atoms with Crippen molar-refractivity contribution in [3.63, 3.8) is 0 Å². The van der Waals surface area contributed by atoms with Crippen LogP contribution in [0.15, 0.2) is 164 Å². The van der Waals surface area contributed by atoms with Crippen LogP contribution >= 0.6 is 0 Å². The van der Waals surface area contributed by atoms with Crippen LogP contribution in [-0.4, -0.2) is 11.6 Å². The number of rotatable bonds is 8. The van der Waals surface area contributed by atoms with Gasteiger partial charge in [0.25, 0.3) is 0 Å². The molecule has 0 saturated heterocycles. The largest absolute Gasteiger partial charge is 0.311 e. The summed E-state index contributed by atoms with van der Waals surface area (Å²) in [5, 5.41) is 0. The lowest BCUT2D eigenvalue weighted by molar-refractivity contribution is 0.103. The van der Waals surface area contributed by atoms with Crippen LogP contribution in [0, 0.1) is 0 Å². The van der Waals surface area contributed by atoms with Crippen LogP contribution in [0.3, 0.4) is 0 Å². The van der Waals surface area contributed by atoms with E-state index in [-0.39, 0.29) is 11.6 Å². The predicted octanol–water partition coefficient (Wildman–Crippen LogP) is 9.29. The summed E-state index contributed by atoms with van der Waals surface area (Å²) in [6.45, 7) is 0. The molecule has 0 N–H and O–H groups in total. The SMILES string of the molecule is O=C(c1ccccc1)c1cccc(C(=O)c2ccccc2)c1-c1ccc(N(c2ccccc2)c2ccccc2)cc1. The summed E-state index contributed by atoms with van der Waals surface area (Å²) in [5.74, 6) is -0.245. The first-order chi connectivity index (χ1) is 20.2. The van der Waals surface area contributed by atoms with Crippen LogP contribution in [-0.2, 0) is 0 Å². The van der Waals surface area contributed by atoms with Gasteiger partial charge >= 0.3 is 0 Å². The van der Waals surface area contributed by atoms with Crippen molar-refractivity contribution in [2.45, 2.75) is 0 Å². The first kappa shape index (κ1) is 25.7.